The van der Waals surface area contributed by atoms with Crippen molar-refractivity contribution in [2.75, 3.05) is 30.4 Å². The van der Waals surface area contributed by atoms with Gasteiger partial charge in [0, 0.05) is 31.6 Å². The standard InChI is InChI=1S/C16H28N4/c1-6-9-20(11-12-7-8-12)14-10-13(17-5)18-15(19-14)16(2,3)4/h10,12H,6-9,11H2,1-5H3,(H,17,18,19). The van der Waals surface area contributed by atoms with E-state index in [2.05, 4.69) is 49.0 Å². The van der Waals surface area contributed by atoms with Crippen molar-refractivity contribution in [3.8, 4) is 0 Å². The Morgan fingerprint density at radius 1 is 1.30 bits per heavy atom. The van der Waals surface area contributed by atoms with E-state index in [4.69, 9.17) is 4.98 Å². The normalized spacial score (nSPS) is 15.2. The van der Waals surface area contributed by atoms with Crippen molar-refractivity contribution >= 4 is 11.6 Å². The highest BCUT2D eigenvalue weighted by Gasteiger charge is 2.26. The van der Waals surface area contributed by atoms with Gasteiger partial charge in [0.2, 0.25) is 0 Å². The Bertz CT molecular complexity index is 446. The number of aromatic nitrogens is 2. The molecule has 2 rings (SSSR count). The van der Waals surface area contributed by atoms with Crippen LogP contribution in [0.2, 0.25) is 0 Å². The summed E-state index contributed by atoms with van der Waals surface area (Å²) in [5.41, 5.74) is -0.0287. The van der Waals surface area contributed by atoms with Crippen molar-refractivity contribution < 1.29 is 0 Å². The van der Waals surface area contributed by atoms with E-state index < -0.39 is 0 Å². The third-order valence-electron chi connectivity index (χ3n) is 3.63. The Hall–Kier alpha value is -1.32. The van der Waals surface area contributed by atoms with Gasteiger partial charge in [-0.3, -0.25) is 0 Å². The van der Waals surface area contributed by atoms with Crippen LogP contribution in [-0.4, -0.2) is 30.1 Å². The molecule has 0 aliphatic heterocycles. The van der Waals surface area contributed by atoms with E-state index in [-0.39, 0.29) is 5.41 Å². The van der Waals surface area contributed by atoms with Gasteiger partial charge < -0.3 is 10.2 Å². The van der Waals surface area contributed by atoms with Crippen LogP contribution in [0.4, 0.5) is 11.6 Å². The molecule has 1 aromatic rings. The van der Waals surface area contributed by atoms with E-state index in [0.29, 0.717) is 0 Å². The monoisotopic (exact) mass is 276 g/mol. The lowest BCUT2D eigenvalue weighted by Crippen LogP contribution is -2.29. The summed E-state index contributed by atoms with van der Waals surface area (Å²) in [6, 6.07) is 2.08. The zero-order valence-corrected chi connectivity index (χ0v) is 13.5. The van der Waals surface area contributed by atoms with Crippen LogP contribution >= 0.6 is 0 Å². The minimum Gasteiger partial charge on any atom is -0.373 e. The number of rotatable bonds is 6. The SMILES string of the molecule is CCCN(CC1CC1)c1cc(NC)nc(C(C)(C)C)n1. The lowest BCUT2D eigenvalue weighted by molar-refractivity contribution is 0.543. The molecule has 1 fully saturated rings. The van der Waals surface area contributed by atoms with Gasteiger partial charge >= 0.3 is 0 Å². The minimum absolute atomic E-state index is 0.0287. The molecule has 1 N–H and O–H groups in total. The lowest BCUT2D eigenvalue weighted by atomic mass is 9.96. The van der Waals surface area contributed by atoms with Gasteiger partial charge in [0.05, 0.1) is 0 Å². The fraction of sp³-hybridized carbons (Fsp3) is 0.750. The van der Waals surface area contributed by atoms with Gasteiger partial charge in [0.25, 0.3) is 0 Å². The molecule has 0 radical (unpaired) electrons. The van der Waals surface area contributed by atoms with Gasteiger partial charge in [-0.2, -0.15) is 0 Å². The van der Waals surface area contributed by atoms with Gasteiger partial charge in [0.15, 0.2) is 0 Å². The molecular formula is C16H28N4. The summed E-state index contributed by atoms with van der Waals surface area (Å²) in [5.74, 6) is 3.77. The van der Waals surface area contributed by atoms with E-state index in [0.717, 1.165) is 42.9 Å². The molecule has 1 heterocycles. The first-order valence-corrected chi connectivity index (χ1v) is 7.76. The molecule has 1 aromatic heterocycles. The number of hydrogen-bond acceptors (Lipinski definition) is 4. The van der Waals surface area contributed by atoms with Crippen LogP contribution < -0.4 is 10.2 Å². The second kappa shape index (κ2) is 5.98. The number of nitrogens with zero attached hydrogens (tertiary/aromatic N) is 3. The second-order valence-electron chi connectivity index (χ2n) is 6.82. The first kappa shape index (κ1) is 15.1. The quantitative estimate of drug-likeness (QED) is 0.864. The van der Waals surface area contributed by atoms with Crippen molar-refractivity contribution in [3.05, 3.63) is 11.9 Å². The van der Waals surface area contributed by atoms with Crippen LogP contribution in [0.3, 0.4) is 0 Å². The number of hydrogen-bond donors (Lipinski definition) is 1. The van der Waals surface area contributed by atoms with E-state index >= 15 is 0 Å². The third kappa shape index (κ3) is 3.84. The summed E-state index contributed by atoms with van der Waals surface area (Å²) in [4.78, 5) is 11.9. The maximum absolute atomic E-state index is 4.83. The summed E-state index contributed by atoms with van der Waals surface area (Å²) < 4.78 is 0. The summed E-state index contributed by atoms with van der Waals surface area (Å²) in [7, 11) is 1.92. The van der Waals surface area contributed by atoms with Crippen LogP contribution in [0.25, 0.3) is 0 Å². The van der Waals surface area contributed by atoms with Gasteiger partial charge in [-0.1, -0.05) is 27.7 Å². The third-order valence-corrected chi connectivity index (χ3v) is 3.63. The zero-order chi connectivity index (χ0) is 14.8. The van der Waals surface area contributed by atoms with E-state index in [1.807, 2.05) is 7.05 Å². The van der Waals surface area contributed by atoms with Crippen LogP contribution in [0, 0.1) is 5.92 Å². The smallest absolute Gasteiger partial charge is 0.138 e. The highest BCUT2D eigenvalue weighted by atomic mass is 15.2. The average molecular weight is 276 g/mol. The molecule has 0 spiro atoms. The summed E-state index contributed by atoms with van der Waals surface area (Å²) in [6.07, 6.45) is 3.89. The van der Waals surface area contributed by atoms with Gasteiger partial charge in [-0.05, 0) is 25.2 Å². The molecule has 1 aliphatic carbocycles. The molecule has 4 nitrogen and oxygen atoms in total. The van der Waals surface area contributed by atoms with Crippen LogP contribution in [0.1, 0.15) is 52.8 Å². The summed E-state index contributed by atoms with van der Waals surface area (Å²) in [6.45, 7) is 10.9. The predicted octanol–water partition coefficient (Wildman–Crippen LogP) is 3.44. The van der Waals surface area contributed by atoms with Crippen LogP contribution in [0.5, 0.6) is 0 Å². The summed E-state index contributed by atoms with van der Waals surface area (Å²) >= 11 is 0. The lowest BCUT2D eigenvalue weighted by Gasteiger charge is -2.26. The molecule has 112 valence electrons. The highest BCUT2D eigenvalue weighted by molar-refractivity contribution is 5.50. The molecule has 0 aromatic carbocycles. The Morgan fingerprint density at radius 2 is 2.00 bits per heavy atom. The Kier molecular flexibility index (Phi) is 4.51. The van der Waals surface area contributed by atoms with Crippen molar-refractivity contribution in [3.63, 3.8) is 0 Å². The Balaban J connectivity index is 2.31. The van der Waals surface area contributed by atoms with Crippen LogP contribution in [0.15, 0.2) is 6.07 Å². The molecule has 0 unspecified atom stereocenters. The van der Waals surface area contributed by atoms with Gasteiger partial charge in [0.1, 0.15) is 17.5 Å². The molecule has 20 heavy (non-hydrogen) atoms. The molecule has 0 amide bonds. The van der Waals surface area contributed by atoms with Crippen molar-refractivity contribution in [1.82, 2.24) is 9.97 Å². The van der Waals surface area contributed by atoms with Crippen LogP contribution in [-0.2, 0) is 5.41 Å². The van der Waals surface area contributed by atoms with Gasteiger partial charge in [-0.15, -0.1) is 0 Å². The molecular weight excluding hydrogens is 248 g/mol. The fourth-order valence-corrected chi connectivity index (χ4v) is 2.24. The molecule has 1 aliphatic rings. The molecule has 0 saturated heterocycles. The summed E-state index contributed by atoms with van der Waals surface area (Å²) in [5, 5.41) is 3.17. The Labute approximate surface area is 123 Å². The van der Waals surface area contributed by atoms with Crippen molar-refractivity contribution in [1.29, 1.82) is 0 Å². The first-order valence-electron chi connectivity index (χ1n) is 7.76. The van der Waals surface area contributed by atoms with E-state index in [9.17, 15) is 0 Å². The maximum atomic E-state index is 4.83. The zero-order valence-electron chi connectivity index (χ0n) is 13.5. The predicted molar refractivity (Wildman–Crippen MR) is 85.5 cm³/mol. The first-order chi connectivity index (χ1) is 9.44. The molecule has 4 heteroatoms. The van der Waals surface area contributed by atoms with E-state index in [1.54, 1.807) is 0 Å². The Morgan fingerprint density at radius 3 is 2.50 bits per heavy atom. The average Bonchev–Trinajstić information content (AvgIpc) is 3.20. The maximum Gasteiger partial charge on any atom is 0.138 e. The van der Waals surface area contributed by atoms with Crippen molar-refractivity contribution in [2.24, 2.45) is 5.92 Å². The largest absolute Gasteiger partial charge is 0.373 e. The van der Waals surface area contributed by atoms with E-state index in [1.165, 1.54) is 12.8 Å². The highest BCUT2D eigenvalue weighted by Crippen LogP contribution is 2.32. The second-order valence-corrected chi connectivity index (χ2v) is 6.82. The molecule has 0 bridgehead atoms. The number of anilines is 2. The molecule has 0 atom stereocenters. The minimum atomic E-state index is -0.0287. The topological polar surface area (TPSA) is 41.0 Å². The number of nitrogens with one attached hydrogen (secondary N) is 1. The van der Waals surface area contributed by atoms with Gasteiger partial charge in [-0.25, -0.2) is 9.97 Å². The molecule has 1 saturated carbocycles. The van der Waals surface area contributed by atoms with Crippen molar-refractivity contribution in [2.45, 2.75) is 52.4 Å². The fourth-order valence-electron chi connectivity index (χ4n) is 2.24.